The summed E-state index contributed by atoms with van der Waals surface area (Å²) < 4.78 is 0.654. The molecule has 0 radical (unpaired) electrons. The maximum atomic E-state index is 13.6. The van der Waals surface area contributed by atoms with Crippen LogP contribution in [0.1, 0.15) is 130 Å². The number of aromatic hydroxyl groups is 7. The zero-order valence-electron chi connectivity index (χ0n) is 58.7. The lowest BCUT2D eigenvalue weighted by molar-refractivity contribution is -0.123. The fourth-order valence-corrected chi connectivity index (χ4v) is 11.0. The molecule has 8 rings (SSSR count). The van der Waals surface area contributed by atoms with Crippen LogP contribution in [-0.4, -0.2) is 221 Å². The summed E-state index contributed by atoms with van der Waals surface area (Å²) in [6.07, 6.45) is 6.75. The van der Waals surface area contributed by atoms with Crippen molar-refractivity contribution in [3.05, 3.63) is 240 Å². The normalized spacial score (nSPS) is 11.5. The highest BCUT2D eigenvalue weighted by Gasteiger charge is 2.27. The van der Waals surface area contributed by atoms with Crippen LogP contribution in [0.2, 0.25) is 0 Å². The number of nitrogens with one attached hydrogen (secondary N) is 4. The van der Waals surface area contributed by atoms with Gasteiger partial charge in [0, 0.05) is 96.7 Å². The number of amides is 8. The van der Waals surface area contributed by atoms with Crippen LogP contribution in [0.4, 0.5) is 0 Å². The molecule has 34 heteroatoms. The Morgan fingerprint density at radius 1 is 0.361 bits per heavy atom. The smallest absolute Gasteiger partial charge is 0.283 e. The van der Waals surface area contributed by atoms with Crippen LogP contribution < -0.4 is 37.9 Å². The van der Waals surface area contributed by atoms with E-state index in [1.165, 1.54) is 129 Å². The first-order valence-corrected chi connectivity index (χ1v) is 34.0. The second kappa shape index (κ2) is 39.4. The van der Waals surface area contributed by atoms with E-state index in [-0.39, 0.29) is 168 Å². The summed E-state index contributed by atoms with van der Waals surface area (Å²) in [4.78, 5) is 146. The van der Waals surface area contributed by atoms with E-state index in [4.69, 9.17) is 0 Å². The maximum Gasteiger partial charge on any atom is 0.283 e. The second-order valence-corrected chi connectivity index (χ2v) is 24.4. The Bertz CT molecular complexity index is 4560. The lowest BCUT2D eigenvalue weighted by atomic mass is 10.1. The number of nitrogens with zero attached hydrogens (tertiary/aromatic N) is 8. The highest BCUT2D eigenvalue weighted by molar-refractivity contribution is 6.00. The van der Waals surface area contributed by atoms with E-state index < -0.39 is 98.4 Å². The number of para-hydroxylation sites is 4. The predicted molar refractivity (Wildman–Crippen MR) is 386 cm³/mol. The SMILES string of the molecule is C=C1C=CC=C(C(=O)NCCCN(CCCCN(CCCNC(=O)c2cccc(=O)n2O)C(=O)c2cccc(=O)n2O)C(=O)c2cccc(=O)n2O)N1O.Cc1cccc(C(=O)NCCCN(CCCCN(CCCNC(=O)c2cccc(O)c2O)C(=O)c2cccc(O)c2O)C(=O)c2cccc(O)c2O)c1O. The number of unbranched alkanes of at least 4 members (excludes halogenated alkanes) is 2. The van der Waals surface area contributed by atoms with Gasteiger partial charge in [-0.1, -0.05) is 61.2 Å². The van der Waals surface area contributed by atoms with Gasteiger partial charge in [-0.2, -0.15) is 0 Å². The van der Waals surface area contributed by atoms with Crippen molar-refractivity contribution in [2.45, 2.75) is 58.3 Å². The molecule has 0 saturated carbocycles. The van der Waals surface area contributed by atoms with Gasteiger partial charge >= 0.3 is 0 Å². The van der Waals surface area contributed by atoms with Gasteiger partial charge in [-0.3, -0.25) is 57.9 Å². The number of rotatable bonds is 34. The first-order chi connectivity index (χ1) is 51.6. The number of hydrogen-bond acceptors (Lipinski definition) is 23. The molecule has 8 amide bonds. The van der Waals surface area contributed by atoms with Crippen LogP contribution in [0.5, 0.6) is 40.2 Å². The van der Waals surface area contributed by atoms with E-state index in [0.717, 1.165) is 18.2 Å². The standard InChI is InChI=1S/C39H44N4O11.C35H40N8O11/c1-24-10-4-11-25(32(24)47)36(51)40-18-8-22-42(38(53)27-13-6-16-30(45)34(27)49)20-2-3-21-43(39(54)28-14-7-17-31(46)35(28)50)23-9-19-41-37(52)26-12-5-15-29(44)33(26)48;1-24-10-4-11-25(40(24)51)32(47)36-18-8-22-38(34(49)27-13-6-16-30(45)42(27)53)20-2-3-21-39(35(50)28-14-7-17-31(46)43(28)54)23-9-19-37-33(48)26-12-5-15-29(44)41(26)52/h4-7,10-17,44-50H,2-3,8-9,18-23H2,1H3,(H,40,51)(H,41,52);4-7,10-17,51-54H,1-3,8-9,18-23H2,(H,36,47)(H,37,48). The largest absolute Gasteiger partial charge is 0.507 e. The molecule has 4 aromatic carbocycles. The number of aromatic nitrogens is 3. The van der Waals surface area contributed by atoms with E-state index >= 15 is 0 Å². The van der Waals surface area contributed by atoms with Gasteiger partial charge in [0.2, 0.25) is 0 Å². The Balaban J connectivity index is 0.000000301. The van der Waals surface area contributed by atoms with Gasteiger partial charge in [0.15, 0.2) is 34.5 Å². The van der Waals surface area contributed by atoms with Crippen LogP contribution >= 0.6 is 0 Å². The minimum Gasteiger partial charge on any atom is -0.507 e. The zero-order valence-corrected chi connectivity index (χ0v) is 58.7. The van der Waals surface area contributed by atoms with Crippen molar-refractivity contribution >= 4 is 47.3 Å². The van der Waals surface area contributed by atoms with Crippen molar-refractivity contribution in [3.8, 4) is 40.2 Å². The number of hydroxylamine groups is 2. The Kier molecular flexibility index (Phi) is 29.8. The van der Waals surface area contributed by atoms with Crippen molar-refractivity contribution in [1.29, 1.82) is 0 Å². The molecule has 1 aliphatic heterocycles. The van der Waals surface area contributed by atoms with Crippen LogP contribution in [0.3, 0.4) is 0 Å². The number of phenolic OH excluding ortho intramolecular Hbond substituents is 7. The number of pyridine rings is 3. The number of hydrogen-bond donors (Lipinski definition) is 15. The molecule has 3 aromatic heterocycles. The molecule has 0 atom stereocenters. The van der Waals surface area contributed by atoms with Crippen molar-refractivity contribution in [2.24, 2.45) is 0 Å². The molecule has 0 bridgehead atoms. The number of carbonyl (C=O) groups is 8. The fourth-order valence-electron chi connectivity index (χ4n) is 11.0. The van der Waals surface area contributed by atoms with Crippen molar-refractivity contribution < 1.29 is 94.9 Å². The summed E-state index contributed by atoms with van der Waals surface area (Å²) in [7, 11) is 0. The minimum atomic E-state index is -0.828. The Hall–Kier alpha value is -13.5. The molecule has 15 N–H and O–H groups in total. The molecule has 4 heterocycles. The Labute approximate surface area is 616 Å². The third-order valence-electron chi connectivity index (χ3n) is 16.9. The second-order valence-electron chi connectivity index (χ2n) is 24.4. The molecule has 0 saturated heterocycles. The van der Waals surface area contributed by atoms with E-state index in [0.29, 0.717) is 42.7 Å². The predicted octanol–water partition coefficient (Wildman–Crippen LogP) is 4.17. The summed E-state index contributed by atoms with van der Waals surface area (Å²) in [6, 6.07) is 27.8. The van der Waals surface area contributed by atoms with Gasteiger partial charge in [0.1, 0.15) is 28.5 Å². The van der Waals surface area contributed by atoms with E-state index in [1.54, 1.807) is 25.1 Å². The molecule has 0 fully saturated rings. The number of carbonyl (C=O) groups excluding carboxylic acids is 8. The van der Waals surface area contributed by atoms with Crippen LogP contribution in [0, 0.1) is 6.92 Å². The highest BCUT2D eigenvalue weighted by Crippen LogP contribution is 2.32. The van der Waals surface area contributed by atoms with Gasteiger partial charge < -0.3 is 92.2 Å². The monoisotopic (exact) mass is 1490 g/mol. The number of benzene rings is 4. The average molecular weight is 1490 g/mol. The van der Waals surface area contributed by atoms with Crippen molar-refractivity contribution in [2.75, 3.05) is 78.5 Å². The van der Waals surface area contributed by atoms with E-state index in [9.17, 15) is 109 Å². The summed E-state index contributed by atoms with van der Waals surface area (Å²) in [6.45, 7) is 6.46. The third-order valence-corrected chi connectivity index (χ3v) is 16.9. The van der Waals surface area contributed by atoms with Gasteiger partial charge in [-0.05, 0) is 137 Å². The van der Waals surface area contributed by atoms with Crippen LogP contribution in [-0.2, 0) is 4.79 Å². The first kappa shape index (κ1) is 81.8. The summed E-state index contributed by atoms with van der Waals surface area (Å²) in [5, 5.41) is 122. The van der Waals surface area contributed by atoms with Crippen molar-refractivity contribution in [3.63, 3.8) is 0 Å². The summed E-state index contributed by atoms with van der Waals surface area (Å²) >= 11 is 0. The van der Waals surface area contributed by atoms with Gasteiger partial charge in [-0.15, -0.1) is 14.2 Å². The quantitative estimate of drug-likeness (QED) is 0.0153. The number of phenols is 7. The molecule has 0 spiro atoms. The third kappa shape index (κ3) is 21.8. The Morgan fingerprint density at radius 2 is 0.667 bits per heavy atom. The molecule has 572 valence electrons. The Morgan fingerprint density at radius 3 is 1.07 bits per heavy atom. The molecule has 0 unspecified atom stereocenters. The number of aryl methyl sites for hydroxylation is 1. The average Bonchev–Trinajstić information content (AvgIpc) is 0.846. The maximum absolute atomic E-state index is 13.6. The molecule has 108 heavy (non-hydrogen) atoms. The summed E-state index contributed by atoms with van der Waals surface area (Å²) in [5.41, 5.74) is -2.92. The van der Waals surface area contributed by atoms with Crippen molar-refractivity contribution in [1.82, 2.24) is 60.1 Å². The van der Waals surface area contributed by atoms with Gasteiger partial charge in [0.05, 0.1) is 28.0 Å². The molecular formula is C74H84N12O22. The summed E-state index contributed by atoms with van der Waals surface area (Å²) in [5.74, 6) is -8.23. The molecule has 0 aliphatic carbocycles. The molecule has 7 aromatic rings. The molecule has 1 aliphatic rings. The molecular weight excluding hydrogens is 1410 g/mol. The highest BCUT2D eigenvalue weighted by atomic mass is 16.5. The van der Waals surface area contributed by atoms with Gasteiger partial charge in [-0.25, -0.2) is 5.06 Å². The first-order valence-electron chi connectivity index (χ1n) is 34.0. The number of allylic oxidation sites excluding steroid dienone is 3. The topological polar surface area (TPSA) is 489 Å². The van der Waals surface area contributed by atoms with Gasteiger partial charge in [0.25, 0.3) is 63.9 Å². The van der Waals surface area contributed by atoms with Crippen LogP contribution in [0.15, 0.2) is 178 Å². The van der Waals surface area contributed by atoms with Crippen LogP contribution in [0.25, 0.3) is 0 Å². The zero-order chi connectivity index (χ0) is 78.7. The van der Waals surface area contributed by atoms with E-state index in [2.05, 4.69) is 27.8 Å². The minimum absolute atomic E-state index is 0.0181. The fraction of sp³-hybridized carbons (Fsp3) is 0.284. The lowest BCUT2D eigenvalue weighted by Gasteiger charge is -2.26. The lowest BCUT2D eigenvalue weighted by Crippen LogP contribution is -2.40. The van der Waals surface area contributed by atoms with E-state index in [1.807, 2.05) is 0 Å². The molecule has 34 nitrogen and oxygen atoms in total.